The van der Waals surface area contributed by atoms with E-state index in [4.69, 9.17) is 14.1 Å². The minimum Gasteiger partial charge on any atom is -0.496 e. The standard InChI is InChI=1S/C29H29N3O5S/c1-3-19-9-7-8-12-24(19)30-29-31(20-10-5-4-6-11-20)28(33)27(38-29)18-22-14-16-26(37-22)23-17-21(32(34)35)13-15-25(23)36-2/h7-9,12-18,20H,3-6,10-11H2,1-2H3/b27-18+,30-29?. The number of benzene rings is 2. The Morgan fingerprint density at radius 1 is 1.16 bits per heavy atom. The zero-order valence-corrected chi connectivity index (χ0v) is 22.2. The van der Waals surface area contributed by atoms with Crippen LogP contribution >= 0.6 is 11.8 Å². The number of hydrogen-bond acceptors (Lipinski definition) is 7. The minimum atomic E-state index is -0.458. The SMILES string of the molecule is CCc1ccccc1N=C1S/C(=C/c2ccc(-c3cc([N+](=O)[O-])ccc3OC)o2)C(=O)N1C1CCCCC1. The van der Waals surface area contributed by atoms with Gasteiger partial charge < -0.3 is 9.15 Å². The number of aliphatic imine (C=N–C) groups is 1. The Kier molecular flexibility index (Phi) is 7.64. The van der Waals surface area contributed by atoms with Gasteiger partial charge in [-0.25, -0.2) is 4.99 Å². The fourth-order valence-electron chi connectivity index (χ4n) is 4.95. The van der Waals surface area contributed by atoms with E-state index in [1.54, 1.807) is 24.3 Å². The number of carbonyl (C=O) groups is 1. The Labute approximate surface area is 225 Å². The van der Waals surface area contributed by atoms with Crippen molar-refractivity contribution in [2.45, 2.75) is 51.5 Å². The van der Waals surface area contributed by atoms with Gasteiger partial charge in [0.2, 0.25) is 0 Å². The molecule has 1 aliphatic heterocycles. The van der Waals surface area contributed by atoms with E-state index in [1.807, 2.05) is 23.1 Å². The molecule has 0 atom stereocenters. The van der Waals surface area contributed by atoms with Crippen molar-refractivity contribution >= 4 is 40.3 Å². The maximum Gasteiger partial charge on any atom is 0.270 e. The molecule has 1 saturated heterocycles. The van der Waals surface area contributed by atoms with Crippen LogP contribution in [0.1, 0.15) is 50.4 Å². The molecule has 3 aromatic rings. The highest BCUT2D eigenvalue weighted by atomic mass is 32.2. The van der Waals surface area contributed by atoms with Gasteiger partial charge in [0.15, 0.2) is 5.17 Å². The second kappa shape index (κ2) is 11.3. The number of nitrogens with zero attached hydrogens (tertiary/aromatic N) is 3. The molecule has 8 nitrogen and oxygen atoms in total. The number of nitro groups is 1. The van der Waals surface area contributed by atoms with E-state index in [9.17, 15) is 14.9 Å². The first-order chi connectivity index (χ1) is 18.5. The lowest BCUT2D eigenvalue weighted by Crippen LogP contribution is -2.40. The summed E-state index contributed by atoms with van der Waals surface area (Å²) in [4.78, 5) is 31.9. The highest BCUT2D eigenvalue weighted by Gasteiger charge is 2.39. The fourth-order valence-corrected chi connectivity index (χ4v) is 5.99. The Hall–Kier alpha value is -3.85. The number of methoxy groups -OCH3 is 1. The number of furan rings is 1. The number of nitro benzene ring substituents is 1. The number of thioether (sulfide) groups is 1. The minimum absolute atomic E-state index is 0.0602. The summed E-state index contributed by atoms with van der Waals surface area (Å²) in [6.07, 6.45) is 7.90. The average Bonchev–Trinajstić information content (AvgIpc) is 3.53. The molecule has 0 radical (unpaired) electrons. The quantitative estimate of drug-likeness (QED) is 0.179. The first kappa shape index (κ1) is 25.8. The zero-order chi connectivity index (χ0) is 26.6. The van der Waals surface area contributed by atoms with Crippen LogP contribution in [-0.2, 0) is 11.2 Å². The number of non-ortho nitro benzene ring substituents is 1. The molecular weight excluding hydrogens is 502 g/mol. The van der Waals surface area contributed by atoms with Gasteiger partial charge in [-0.1, -0.05) is 44.4 Å². The number of carbonyl (C=O) groups excluding carboxylic acids is 1. The maximum absolute atomic E-state index is 13.7. The van der Waals surface area contributed by atoms with E-state index >= 15 is 0 Å². The van der Waals surface area contributed by atoms with Gasteiger partial charge >= 0.3 is 0 Å². The van der Waals surface area contributed by atoms with E-state index in [2.05, 4.69) is 13.0 Å². The third-order valence-corrected chi connectivity index (χ3v) is 7.91. The first-order valence-electron chi connectivity index (χ1n) is 12.8. The molecule has 9 heteroatoms. The topological polar surface area (TPSA) is 98.2 Å². The molecule has 5 rings (SSSR count). The third kappa shape index (κ3) is 5.24. The molecular formula is C29H29N3O5S. The summed E-state index contributed by atoms with van der Waals surface area (Å²) in [5.41, 5.74) is 2.43. The van der Waals surface area contributed by atoms with Crippen LogP contribution in [0.5, 0.6) is 5.75 Å². The first-order valence-corrected chi connectivity index (χ1v) is 13.6. The van der Waals surface area contributed by atoms with Crippen LogP contribution in [0, 0.1) is 10.1 Å². The van der Waals surface area contributed by atoms with Crippen molar-refractivity contribution in [1.82, 2.24) is 4.90 Å². The number of aryl methyl sites for hydroxylation is 1. The molecule has 1 amide bonds. The predicted octanol–water partition coefficient (Wildman–Crippen LogP) is 7.36. The Morgan fingerprint density at radius 3 is 2.68 bits per heavy atom. The van der Waals surface area contributed by atoms with Crippen LogP contribution in [0.4, 0.5) is 11.4 Å². The van der Waals surface area contributed by atoms with Gasteiger partial charge in [-0.05, 0) is 60.9 Å². The maximum atomic E-state index is 13.7. The summed E-state index contributed by atoms with van der Waals surface area (Å²) in [5, 5.41) is 12.0. The molecule has 0 bridgehead atoms. The lowest BCUT2D eigenvalue weighted by atomic mass is 9.94. The van der Waals surface area contributed by atoms with Gasteiger partial charge in [-0.2, -0.15) is 0 Å². The van der Waals surface area contributed by atoms with E-state index in [1.165, 1.54) is 37.4 Å². The molecule has 0 N–H and O–H groups in total. The normalized spacial score (nSPS) is 18.5. The molecule has 1 aromatic heterocycles. The predicted molar refractivity (Wildman–Crippen MR) is 150 cm³/mol. The van der Waals surface area contributed by atoms with Crippen LogP contribution in [0.15, 0.2) is 68.9 Å². The van der Waals surface area contributed by atoms with Crippen LogP contribution in [-0.4, -0.2) is 34.0 Å². The largest absolute Gasteiger partial charge is 0.496 e. The van der Waals surface area contributed by atoms with Gasteiger partial charge in [0, 0.05) is 24.3 Å². The lowest BCUT2D eigenvalue weighted by Gasteiger charge is -2.30. The molecule has 1 aliphatic carbocycles. The molecule has 196 valence electrons. The smallest absolute Gasteiger partial charge is 0.270 e. The van der Waals surface area contributed by atoms with Crippen LogP contribution in [0.2, 0.25) is 0 Å². The Balaban J connectivity index is 1.49. The fraction of sp³-hybridized carbons (Fsp3) is 0.310. The second-order valence-corrected chi connectivity index (χ2v) is 10.3. The Morgan fingerprint density at radius 2 is 1.95 bits per heavy atom. The third-order valence-electron chi connectivity index (χ3n) is 6.92. The van der Waals surface area contributed by atoms with E-state index in [0.29, 0.717) is 32.9 Å². The van der Waals surface area contributed by atoms with E-state index < -0.39 is 4.92 Å². The molecule has 2 aliphatic rings. The molecule has 2 aromatic carbocycles. The highest BCUT2D eigenvalue weighted by molar-refractivity contribution is 8.18. The molecule has 38 heavy (non-hydrogen) atoms. The van der Waals surface area contributed by atoms with Gasteiger partial charge in [0.1, 0.15) is 17.3 Å². The number of rotatable bonds is 7. The number of hydrogen-bond donors (Lipinski definition) is 0. The van der Waals surface area contributed by atoms with Gasteiger partial charge in [-0.15, -0.1) is 0 Å². The Bertz CT molecular complexity index is 1420. The van der Waals surface area contributed by atoms with E-state index in [-0.39, 0.29) is 17.6 Å². The van der Waals surface area contributed by atoms with Crippen molar-refractivity contribution in [1.29, 1.82) is 0 Å². The van der Waals surface area contributed by atoms with E-state index in [0.717, 1.165) is 43.4 Å². The monoisotopic (exact) mass is 531 g/mol. The van der Waals surface area contributed by atoms with Crippen molar-refractivity contribution in [3.05, 3.63) is 80.9 Å². The van der Waals surface area contributed by atoms with Gasteiger partial charge in [-0.3, -0.25) is 19.8 Å². The van der Waals surface area contributed by atoms with Crippen molar-refractivity contribution < 1.29 is 18.9 Å². The van der Waals surface area contributed by atoms with Crippen molar-refractivity contribution in [3.63, 3.8) is 0 Å². The number of amides is 1. The van der Waals surface area contributed by atoms with Crippen molar-refractivity contribution in [2.75, 3.05) is 7.11 Å². The molecule has 0 spiro atoms. The zero-order valence-electron chi connectivity index (χ0n) is 21.4. The highest BCUT2D eigenvalue weighted by Crippen LogP contribution is 2.40. The van der Waals surface area contributed by atoms with Gasteiger partial charge in [0.05, 0.1) is 28.2 Å². The summed E-state index contributed by atoms with van der Waals surface area (Å²) >= 11 is 1.36. The number of amidine groups is 1. The molecule has 0 unspecified atom stereocenters. The lowest BCUT2D eigenvalue weighted by molar-refractivity contribution is -0.384. The summed E-state index contributed by atoms with van der Waals surface area (Å²) in [6, 6.07) is 16.0. The summed E-state index contributed by atoms with van der Waals surface area (Å²) in [5.74, 6) is 1.29. The summed E-state index contributed by atoms with van der Waals surface area (Å²) < 4.78 is 11.4. The van der Waals surface area contributed by atoms with Gasteiger partial charge in [0.25, 0.3) is 11.6 Å². The number of ether oxygens (including phenoxy) is 1. The van der Waals surface area contributed by atoms with Crippen molar-refractivity contribution in [2.24, 2.45) is 4.99 Å². The number of para-hydroxylation sites is 1. The summed E-state index contributed by atoms with van der Waals surface area (Å²) in [6.45, 7) is 2.10. The molecule has 2 fully saturated rings. The molecule has 2 heterocycles. The summed E-state index contributed by atoms with van der Waals surface area (Å²) in [7, 11) is 1.50. The van der Waals surface area contributed by atoms with Crippen LogP contribution < -0.4 is 4.74 Å². The second-order valence-electron chi connectivity index (χ2n) is 9.30. The average molecular weight is 532 g/mol. The van der Waals surface area contributed by atoms with Crippen LogP contribution in [0.3, 0.4) is 0 Å². The van der Waals surface area contributed by atoms with Crippen LogP contribution in [0.25, 0.3) is 17.4 Å². The molecule has 1 saturated carbocycles. The van der Waals surface area contributed by atoms with Crippen molar-refractivity contribution in [3.8, 4) is 17.1 Å².